The topological polar surface area (TPSA) is 78.6 Å². The Morgan fingerprint density at radius 3 is 2.85 bits per heavy atom. The van der Waals surface area contributed by atoms with Gasteiger partial charge in [0, 0.05) is 13.0 Å². The first-order chi connectivity index (χ1) is 9.38. The molecule has 0 bridgehead atoms. The van der Waals surface area contributed by atoms with Crippen LogP contribution in [-0.4, -0.2) is 42.2 Å². The van der Waals surface area contributed by atoms with Gasteiger partial charge in [0.05, 0.1) is 17.5 Å². The number of anilines is 2. The lowest BCUT2D eigenvalue weighted by Crippen LogP contribution is -2.28. The van der Waals surface area contributed by atoms with Crippen LogP contribution in [0.3, 0.4) is 0 Å². The van der Waals surface area contributed by atoms with Crippen molar-refractivity contribution < 1.29 is 14.3 Å². The maximum absolute atomic E-state index is 12.9. The van der Waals surface area contributed by atoms with Crippen LogP contribution in [0.2, 0.25) is 0 Å². The number of nitrogens with zero attached hydrogens (tertiary/aromatic N) is 1. The lowest BCUT2D eigenvalue weighted by atomic mass is 10.2. The third-order valence-electron chi connectivity index (χ3n) is 2.81. The third kappa shape index (κ3) is 5.99. The largest absolute Gasteiger partial charge is 0.397 e. The first kappa shape index (κ1) is 16.4. The number of benzene rings is 1. The zero-order chi connectivity index (χ0) is 15.1. The standard InChI is InChI=1S/C14H22FN3O2/c1-10(19)9-18(2)7-3-4-14(20)17-13-6-5-11(15)8-12(13)16/h5-6,8,10,19H,3-4,7,9,16H2,1-2H3,(H,17,20). The molecule has 1 atom stereocenters. The smallest absolute Gasteiger partial charge is 0.224 e. The van der Waals surface area contributed by atoms with Crippen molar-refractivity contribution in [2.24, 2.45) is 0 Å². The van der Waals surface area contributed by atoms with Gasteiger partial charge in [0.25, 0.3) is 0 Å². The highest BCUT2D eigenvalue weighted by Gasteiger charge is 2.08. The number of halogens is 1. The highest BCUT2D eigenvalue weighted by atomic mass is 19.1. The van der Waals surface area contributed by atoms with E-state index in [1.807, 2.05) is 11.9 Å². The zero-order valence-corrected chi connectivity index (χ0v) is 11.9. The number of aliphatic hydroxyl groups excluding tert-OH is 1. The average Bonchev–Trinajstić information content (AvgIpc) is 2.31. The van der Waals surface area contributed by atoms with Gasteiger partial charge in [-0.15, -0.1) is 0 Å². The second-order valence-corrected chi connectivity index (χ2v) is 4.99. The molecule has 112 valence electrons. The van der Waals surface area contributed by atoms with E-state index in [9.17, 15) is 14.3 Å². The second-order valence-electron chi connectivity index (χ2n) is 4.99. The van der Waals surface area contributed by atoms with Crippen molar-refractivity contribution in [1.82, 2.24) is 4.90 Å². The highest BCUT2D eigenvalue weighted by Crippen LogP contribution is 2.19. The Balaban J connectivity index is 2.33. The Morgan fingerprint density at radius 1 is 1.55 bits per heavy atom. The number of carbonyl (C=O) groups is 1. The lowest BCUT2D eigenvalue weighted by Gasteiger charge is -2.17. The Bertz CT molecular complexity index is 452. The quantitative estimate of drug-likeness (QED) is 0.662. The molecule has 0 spiro atoms. The first-order valence-electron chi connectivity index (χ1n) is 6.60. The van der Waals surface area contributed by atoms with Gasteiger partial charge in [-0.1, -0.05) is 0 Å². The number of rotatable bonds is 7. The normalized spacial score (nSPS) is 12.4. The number of aliphatic hydroxyl groups is 1. The number of nitrogen functional groups attached to an aromatic ring is 1. The Hall–Kier alpha value is -1.66. The summed E-state index contributed by atoms with van der Waals surface area (Å²) in [5.74, 6) is -0.589. The molecule has 0 heterocycles. The van der Waals surface area contributed by atoms with Crippen LogP contribution in [0.15, 0.2) is 18.2 Å². The van der Waals surface area contributed by atoms with Crippen molar-refractivity contribution in [2.75, 3.05) is 31.2 Å². The summed E-state index contributed by atoms with van der Waals surface area (Å²) in [5.41, 5.74) is 6.25. The molecule has 0 saturated heterocycles. The fourth-order valence-corrected chi connectivity index (χ4v) is 1.91. The monoisotopic (exact) mass is 283 g/mol. The zero-order valence-electron chi connectivity index (χ0n) is 11.9. The molecule has 5 nitrogen and oxygen atoms in total. The van der Waals surface area contributed by atoms with Crippen LogP contribution in [0.25, 0.3) is 0 Å². The predicted octanol–water partition coefficient (Wildman–Crippen LogP) is 1.44. The molecule has 0 radical (unpaired) electrons. The fraction of sp³-hybridized carbons (Fsp3) is 0.500. The molecule has 1 unspecified atom stereocenters. The van der Waals surface area contributed by atoms with Gasteiger partial charge in [-0.25, -0.2) is 4.39 Å². The molecular weight excluding hydrogens is 261 g/mol. The summed E-state index contributed by atoms with van der Waals surface area (Å²) in [5, 5.41) is 11.9. The van der Waals surface area contributed by atoms with E-state index in [2.05, 4.69) is 5.32 Å². The van der Waals surface area contributed by atoms with Crippen LogP contribution >= 0.6 is 0 Å². The number of amides is 1. The molecule has 0 saturated carbocycles. The van der Waals surface area contributed by atoms with Gasteiger partial charge in [-0.05, 0) is 45.1 Å². The Labute approximate surface area is 118 Å². The van der Waals surface area contributed by atoms with Gasteiger partial charge in [0.1, 0.15) is 5.82 Å². The van der Waals surface area contributed by atoms with Gasteiger partial charge >= 0.3 is 0 Å². The number of likely N-dealkylation sites (N-methyl/N-ethyl adjacent to an activating group) is 1. The SMILES string of the molecule is CC(O)CN(C)CCCC(=O)Nc1ccc(F)cc1N. The number of hydrogen-bond acceptors (Lipinski definition) is 4. The second kappa shape index (κ2) is 7.81. The summed E-state index contributed by atoms with van der Waals surface area (Å²) in [6.07, 6.45) is 0.643. The summed E-state index contributed by atoms with van der Waals surface area (Å²) >= 11 is 0. The minimum atomic E-state index is -0.430. The molecule has 6 heteroatoms. The van der Waals surface area contributed by atoms with Gasteiger partial charge in [0.2, 0.25) is 5.91 Å². The lowest BCUT2D eigenvalue weighted by molar-refractivity contribution is -0.116. The van der Waals surface area contributed by atoms with E-state index in [0.29, 0.717) is 25.1 Å². The Morgan fingerprint density at radius 2 is 2.25 bits per heavy atom. The van der Waals surface area contributed by atoms with E-state index in [4.69, 9.17) is 5.73 Å². The van der Waals surface area contributed by atoms with Gasteiger partial charge in [-0.3, -0.25) is 4.79 Å². The van der Waals surface area contributed by atoms with Crippen molar-refractivity contribution in [2.45, 2.75) is 25.9 Å². The van der Waals surface area contributed by atoms with Crippen molar-refractivity contribution >= 4 is 17.3 Å². The maximum Gasteiger partial charge on any atom is 0.224 e. The molecule has 0 aliphatic carbocycles. The molecule has 0 aromatic heterocycles. The first-order valence-corrected chi connectivity index (χ1v) is 6.60. The molecule has 20 heavy (non-hydrogen) atoms. The number of nitrogens with two attached hydrogens (primary N) is 1. The minimum Gasteiger partial charge on any atom is -0.397 e. The van der Waals surface area contributed by atoms with E-state index in [1.165, 1.54) is 18.2 Å². The van der Waals surface area contributed by atoms with Crippen molar-refractivity contribution in [3.05, 3.63) is 24.0 Å². The third-order valence-corrected chi connectivity index (χ3v) is 2.81. The van der Waals surface area contributed by atoms with E-state index < -0.39 is 5.82 Å². The van der Waals surface area contributed by atoms with Crippen LogP contribution in [0.5, 0.6) is 0 Å². The number of nitrogens with one attached hydrogen (secondary N) is 1. The van der Waals surface area contributed by atoms with E-state index >= 15 is 0 Å². The number of carbonyl (C=O) groups excluding carboxylic acids is 1. The van der Waals surface area contributed by atoms with E-state index in [1.54, 1.807) is 6.92 Å². The minimum absolute atomic E-state index is 0.159. The Kier molecular flexibility index (Phi) is 6.41. The molecule has 0 aliphatic heterocycles. The summed E-state index contributed by atoms with van der Waals surface area (Å²) in [4.78, 5) is 13.7. The van der Waals surface area contributed by atoms with Gasteiger partial charge in [0.15, 0.2) is 0 Å². The van der Waals surface area contributed by atoms with Crippen LogP contribution in [-0.2, 0) is 4.79 Å². The molecule has 0 aliphatic rings. The predicted molar refractivity (Wildman–Crippen MR) is 77.9 cm³/mol. The molecule has 1 aromatic carbocycles. The number of hydrogen-bond donors (Lipinski definition) is 3. The molecule has 0 fully saturated rings. The summed E-state index contributed by atoms with van der Waals surface area (Å²) in [6.45, 7) is 3.02. The highest BCUT2D eigenvalue weighted by molar-refractivity contribution is 5.93. The average molecular weight is 283 g/mol. The van der Waals surface area contributed by atoms with Crippen LogP contribution in [0.4, 0.5) is 15.8 Å². The van der Waals surface area contributed by atoms with Gasteiger partial charge in [-0.2, -0.15) is 0 Å². The van der Waals surface area contributed by atoms with Gasteiger partial charge < -0.3 is 21.1 Å². The summed E-state index contributed by atoms with van der Waals surface area (Å²) in [6, 6.07) is 3.87. The molecule has 1 amide bonds. The van der Waals surface area contributed by atoms with Crippen LogP contribution in [0.1, 0.15) is 19.8 Å². The molecule has 1 aromatic rings. The molecule has 4 N–H and O–H groups in total. The summed E-state index contributed by atoms with van der Waals surface area (Å²) < 4.78 is 12.9. The maximum atomic E-state index is 12.9. The van der Waals surface area contributed by atoms with Crippen molar-refractivity contribution in [3.63, 3.8) is 0 Å². The van der Waals surface area contributed by atoms with Crippen LogP contribution < -0.4 is 11.1 Å². The summed E-state index contributed by atoms with van der Waals surface area (Å²) in [7, 11) is 1.89. The van der Waals surface area contributed by atoms with Crippen molar-refractivity contribution in [1.29, 1.82) is 0 Å². The molecule has 1 rings (SSSR count). The fourth-order valence-electron chi connectivity index (χ4n) is 1.91. The molecular formula is C14H22FN3O2. The van der Waals surface area contributed by atoms with Crippen LogP contribution in [0, 0.1) is 5.82 Å². The van der Waals surface area contributed by atoms with E-state index in [-0.39, 0.29) is 17.7 Å². The van der Waals surface area contributed by atoms with E-state index in [0.717, 1.165) is 6.54 Å². The van der Waals surface area contributed by atoms with Crippen molar-refractivity contribution in [3.8, 4) is 0 Å².